The van der Waals surface area contributed by atoms with Crippen LogP contribution in [0.2, 0.25) is 0 Å². The summed E-state index contributed by atoms with van der Waals surface area (Å²) >= 11 is 0. The molecule has 3 N–H and O–H groups in total. The summed E-state index contributed by atoms with van der Waals surface area (Å²) < 4.78 is 44.0. The van der Waals surface area contributed by atoms with Crippen LogP contribution in [0.25, 0.3) is 0 Å². The minimum atomic E-state index is -4.65. The number of hydrogen-bond donors (Lipinski definition) is 3. The number of ketones is 1. The SMILES string of the molecule is O=C(c1ccc(CC2CCC2)cc1)C1OC[C@H](Nc2nccc(C(F)(F)F)n2)[C@@H](O)[C@H]1O. The van der Waals surface area contributed by atoms with E-state index < -0.39 is 42.0 Å². The number of rotatable bonds is 6. The summed E-state index contributed by atoms with van der Waals surface area (Å²) in [7, 11) is 0. The van der Waals surface area contributed by atoms with E-state index in [1.165, 1.54) is 19.3 Å². The Morgan fingerprint density at radius 2 is 1.84 bits per heavy atom. The summed E-state index contributed by atoms with van der Waals surface area (Å²) in [5.74, 6) is -0.146. The summed E-state index contributed by atoms with van der Waals surface area (Å²) in [6.45, 7) is -0.228. The normalized spacial score (nSPS) is 26.4. The molecule has 0 radical (unpaired) electrons. The van der Waals surface area contributed by atoms with E-state index in [9.17, 15) is 28.2 Å². The lowest BCUT2D eigenvalue weighted by molar-refractivity contribution is -0.141. The Bertz CT molecular complexity index is 950. The summed E-state index contributed by atoms with van der Waals surface area (Å²) in [4.78, 5) is 19.9. The fraction of sp³-hybridized carbons (Fsp3) is 0.500. The molecule has 2 aliphatic rings. The van der Waals surface area contributed by atoms with Gasteiger partial charge in [-0.25, -0.2) is 9.97 Å². The van der Waals surface area contributed by atoms with E-state index in [1.807, 2.05) is 12.1 Å². The number of aliphatic hydroxyl groups excluding tert-OH is 2. The number of aliphatic hydroxyl groups is 2. The van der Waals surface area contributed by atoms with Crippen molar-refractivity contribution in [2.24, 2.45) is 5.92 Å². The van der Waals surface area contributed by atoms with E-state index in [4.69, 9.17) is 4.74 Å². The Morgan fingerprint density at radius 3 is 2.47 bits per heavy atom. The molecule has 10 heteroatoms. The zero-order valence-electron chi connectivity index (χ0n) is 17.1. The van der Waals surface area contributed by atoms with E-state index in [0.717, 1.165) is 24.2 Å². The summed E-state index contributed by atoms with van der Waals surface area (Å²) in [5.41, 5.74) is 0.351. The number of Topliss-reactive ketones (excluding diaryl/α,β-unsaturated/α-hetero) is 1. The number of nitrogens with one attached hydrogen (secondary N) is 1. The molecule has 172 valence electrons. The van der Waals surface area contributed by atoms with Gasteiger partial charge in [-0.1, -0.05) is 43.5 Å². The quantitative estimate of drug-likeness (QED) is 0.580. The minimum Gasteiger partial charge on any atom is -0.388 e. The van der Waals surface area contributed by atoms with Crippen LogP contribution in [0, 0.1) is 5.92 Å². The summed E-state index contributed by atoms with van der Waals surface area (Å²) in [5, 5.41) is 23.4. The third-order valence-electron chi connectivity index (χ3n) is 6.03. The monoisotopic (exact) mass is 451 g/mol. The third kappa shape index (κ3) is 4.92. The van der Waals surface area contributed by atoms with Crippen molar-refractivity contribution in [3.05, 3.63) is 53.3 Å². The smallest absolute Gasteiger partial charge is 0.388 e. The van der Waals surface area contributed by atoms with E-state index >= 15 is 0 Å². The lowest BCUT2D eigenvalue weighted by Gasteiger charge is -2.37. The molecule has 1 aliphatic heterocycles. The molecule has 0 bridgehead atoms. The molecule has 1 unspecified atom stereocenters. The van der Waals surface area contributed by atoms with Gasteiger partial charge in [0.15, 0.2) is 5.78 Å². The van der Waals surface area contributed by atoms with Crippen LogP contribution in [0.5, 0.6) is 0 Å². The van der Waals surface area contributed by atoms with Gasteiger partial charge in [-0.05, 0) is 24.0 Å². The van der Waals surface area contributed by atoms with Crippen molar-refractivity contribution >= 4 is 11.7 Å². The highest BCUT2D eigenvalue weighted by molar-refractivity contribution is 6.00. The van der Waals surface area contributed by atoms with E-state index in [0.29, 0.717) is 11.5 Å². The van der Waals surface area contributed by atoms with E-state index in [2.05, 4.69) is 15.3 Å². The average molecular weight is 451 g/mol. The molecule has 1 aromatic carbocycles. The van der Waals surface area contributed by atoms with Crippen LogP contribution in [0.3, 0.4) is 0 Å². The molecule has 1 saturated carbocycles. The maximum atomic E-state index is 12.8. The number of hydrogen-bond acceptors (Lipinski definition) is 7. The molecule has 1 aliphatic carbocycles. The molecule has 7 nitrogen and oxygen atoms in total. The van der Waals surface area contributed by atoms with Gasteiger partial charge in [0, 0.05) is 11.8 Å². The predicted octanol–water partition coefficient (Wildman–Crippen LogP) is 2.62. The van der Waals surface area contributed by atoms with Gasteiger partial charge in [0.05, 0.1) is 12.6 Å². The lowest BCUT2D eigenvalue weighted by atomic mass is 9.81. The number of benzene rings is 1. The standard InChI is InChI=1S/C22H24F3N3O4/c23-22(24,25)16-8-9-26-21(28-16)27-15-11-32-20(19(31)18(15)30)17(29)14-6-4-13(5-7-14)10-12-2-1-3-12/h4-9,12,15,18-20,30-31H,1-3,10-11H2,(H,26,27,28)/t15-,18+,19+,20?/m0/s1. The Kier molecular flexibility index (Phi) is 6.45. The number of ether oxygens (including phenoxy) is 1. The molecule has 1 saturated heterocycles. The predicted molar refractivity (Wildman–Crippen MR) is 108 cm³/mol. The highest BCUT2D eigenvalue weighted by Crippen LogP contribution is 2.30. The second kappa shape index (κ2) is 9.13. The Hall–Kier alpha value is -2.56. The first-order valence-corrected chi connectivity index (χ1v) is 10.5. The molecular weight excluding hydrogens is 427 g/mol. The molecule has 32 heavy (non-hydrogen) atoms. The second-order valence-electron chi connectivity index (χ2n) is 8.31. The summed E-state index contributed by atoms with van der Waals surface area (Å²) in [6.07, 6.45) is -3.37. The van der Waals surface area contributed by atoms with Gasteiger partial charge in [0.25, 0.3) is 0 Å². The van der Waals surface area contributed by atoms with Crippen molar-refractivity contribution in [2.75, 3.05) is 11.9 Å². The lowest BCUT2D eigenvalue weighted by Crippen LogP contribution is -2.58. The summed E-state index contributed by atoms with van der Waals surface area (Å²) in [6, 6.07) is 6.85. The van der Waals surface area contributed by atoms with Crippen LogP contribution in [-0.4, -0.2) is 56.9 Å². The van der Waals surface area contributed by atoms with Crippen molar-refractivity contribution in [3.63, 3.8) is 0 Å². The largest absolute Gasteiger partial charge is 0.433 e. The number of nitrogens with zero attached hydrogens (tertiary/aromatic N) is 2. The number of carbonyl (C=O) groups excluding carboxylic acids is 1. The van der Waals surface area contributed by atoms with Crippen molar-refractivity contribution in [1.82, 2.24) is 9.97 Å². The first-order valence-electron chi connectivity index (χ1n) is 10.5. The molecule has 2 fully saturated rings. The van der Waals surface area contributed by atoms with Gasteiger partial charge in [0.2, 0.25) is 5.95 Å². The Morgan fingerprint density at radius 1 is 1.12 bits per heavy atom. The number of halogens is 3. The van der Waals surface area contributed by atoms with Crippen molar-refractivity contribution in [2.45, 2.75) is 56.2 Å². The highest BCUT2D eigenvalue weighted by Gasteiger charge is 2.42. The number of anilines is 1. The van der Waals surface area contributed by atoms with Crippen LogP contribution < -0.4 is 5.32 Å². The molecule has 0 spiro atoms. The fourth-order valence-electron chi connectivity index (χ4n) is 3.93. The van der Waals surface area contributed by atoms with Crippen LogP contribution in [0.15, 0.2) is 36.5 Å². The van der Waals surface area contributed by atoms with Crippen LogP contribution in [0.4, 0.5) is 19.1 Å². The maximum Gasteiger partial charge on any atom is 0.433 e. The molecular formula is C22H24F3N3O4. The second-order valence-corrected chi connectivity index (χ2v) is 8.31. The number of alkyl halides is 3. The van der Waals surface area contributed by atoms with Gasteiger partial charge < -0.3 is 20.3 Å². The fourth-order valence-corrected chi connectivity index (χ4v) is 3.93. The van der Waals surface area contributed by atoms with Crippen molar-refractivity contribution in [1.29, 1.82) is 0 Å². The maximum absolute atomic E-state index is 12.8. The Balaban J connectivity index is 1.38. The minimum absolute atomic E-state index is 0.228. The average Bonchev–Trinajstić information content (AvgIpc) is 2.74. The van der Waals surface area contributed by atoms with Crippen LogP contribution in [0.1, 0.15) is 40.9 Å². The Labute approximate surface area is 182 Å². The number of aromatic nitrogens is 2. The molecule has 2 aromatic rings. The molecule has 4 atom stereocenters. The third-order valence-corrected chi connectivity index (χ3v) is 6.03. The van der Waals surface area contributed by atoms with Crippen molar-refractivity contribution < 1.29 is 32.9 Å². The van der Waals surface area contributed by atoms with Gasteiger partial charge in [-0.15, -0.1) is 0 Å². The molecule has 4 rings (SSSR count). The van der Waals surface area contributed by atoms with Crippen LogP contribution in [-0.2, 0) is 17.3 Å². The number of carbonyl (C=O) groups is 1. The van der Waals surface area contributed by atoms with Crippen LogP contribution >= 0.6 is 0 Å². The molecule has 2 heterocycles. The zero-order valence-corrected chi connectivity index (χ0v) is 17.1. The molecule has 0 amide bonds. The van der Waals surface area contributed by atoms with Gasteiger partial charge >= 0.3 is 6.18 Å². The van der Waals surface area contributed by atoms with E-state index in [-0.39, 0.29) is 12.6 Å². The highest BCUT2D eigenvalue weighted by atomic mass is 19.4. The zero-order chi connectivity index (χ0) is 22.9. The van der Waals surface area contributed by atoms with E-state index in [1.54, 1.807) is 12.1 Å². The van der Waals surface area contributed by atoms with Gasteiger partial charge in [-0.2, -0.15) is 13.2 Å². The topological polar surface area (TPSA) is 105 Å². The van der Waals surface area contributed by atoms with Crippen molar-refractivity contribution in [3.8, 4) is 0 Å². The van der Waals surface area contributed by atoms with Gasteiger partial charge in [0.1, 0.15) is 24.0 Å². The molecule has 1 aromatic heterocycles. The van der Waals surface area contributed by atoms with Gasteiger partial charge in [-0.3, -0.25) is 4.79 Å². The first kappa shape index (κ1) is 22.6. The first-order chi connectivity index (χ1) is 15.2.